The number of hydrogen-bond acceptors (Lipinski definition) is 2. The van der Waals surface area contributed by atoms with Gasteiger partial charge in [0.05, 0.1) is 6.10 Å². The Kier molecular flexibility index (Phi) is 5.64. The van der Waals surface area contributed by atoms with Crippen LogP contribution in [0.5, 0.6) is 0 Å². The van der Waals surface area contributed by atoms with Gasteiger partial charge in [-0.25, -0.2) is 0 Å². The first-order valence-electron chi connectivity index (χ1n) is 4.02. The molecule has 62 valence electrons. The molecule has 2 nitrogen and oxygen atoms in total. The van der Waals surface area contributed by atoms with E-state index in [4.69, 9.17) is 10.5 Å². The lowest BCUT2D eigenvalue weighted by molar-refractivity contribution is 0.0506. The number of hydrogen-bond donors (Lipinski definition) is 1. The van der Waals surface area contributed by atoms with Crippen LogP contribution in [0.2, 0.25) is 0 Å². The maximum absolute atomic E-state index is 5.56. The Hall–Kier alpha value is -0.0800. The van der Waals surface area contributed by atoms with E-state index >= 15 is 0 Å². The largest absolute Gasteiger partial charge is 0.381 e. The van der Waals surface area contributed by atoms with Gasteiger partial charge in [-0.3, -0.25) is 0 Å². The van der Waals surface area contributed by atoms with Crippen molar-refractivity contribution < 1.29 is 4.74 Å². The van der Waals surface area contributed by atoms with Crippen LogP contribution < -0.4 is 5.73 Å². The molecule has 0 aliphatic heterocycles. The van der Waals surface area contributed by atoms with Crippen molar-refractivity contribution in [1.82, 2.24) is 0 Å². The summed E-state index contributed by atoms with van der Waals surface area (Å²) < 4.78 is 5.26. The van der Waals surface area contributed by atoms with Crippen LogP contribution in [-0.4, -0.2) is 19.8 Å². The lowest BCUT2D eigenvalue weighted by Crippen LogP contribution is -2.28. The van der Waals surface area contributed by atoms with Gasteiger partial charge in [-0.1, -0.05) is 13.8 Å². The molecular formula is C8H19NO. The highest BCUT2D eigenvalue weighted by Crippen LogP contribution is 2.12. The second-order valence-corrected chi connectivity index (χ2v) is 2.59. The van der Waals surface area contributed by atoms with Crippen molar-refractivity contribution in [2.45, 2.75) is 32.8 Å². The molecule has 0 aromatic heterocycles. The topological polar surface area (TPSA) is 35.2 Å². The van der Waals surface area contributed by atoms with Crippen LogP contribution in [0.25, 0.3) is 0 Å². The van der Waals surface area contributed by atoms with E-state index in [0.717, 1.165) is 19.4 Å². The fourth-order valence-corrected chi connectivity index (χ4v) is 1.27. The van der Waals surface area contributed by atoms with Gasteiger partial charge >= 0.3 is 0 Å². The second kappa shape index (κ2) is 5.69. The van der Waals surface area contributed by atoms with E-state index in [1.165, 1.54) is 0 Å². The van der Waals surface area contributed by atoms with Gasteiger partial charge in [0.15, 0.2) is 0 Å². The lowest BCUT2D eigenvalue weighted by atomic mass is 9.98. The smallest absolute Gasteiger partial charge is 0.0608 e. The number of methoxy groups -OCH3 is 1. The van der Waals surface area contributed by atoms with E-state index in [1.807, 2.05) is 0 Å². The molecule has 0 aromatic carbocycles. The van der Waals surface area contributed by atoms with Crippen molar-refractivity contribution in [3.05, 3.63) is 0 Å². The molecule has 0 aliphatic rings. The third-order valence-electron chi connectivity index (χ3n) is 2.06. The molecule has 0 spiro atoms. The second-order valence-electron chi connectivity index (χ2n) is 2.59. The zero-order valence-electron chi connectivity index (χ0n) is 7.26. The molecule has 0 saturated carbocycles. The number of ether oxygens (including phenoxy) is 1. The van der Waals surface area contributed by atoms with Gasteiger partial charge in [0.1, 0.15) is 0 Å². The molecule has 2 N–H and O–H groups in total. The van der Waals surface area contributed by atoms with Crippen LogP contribution in [0.4, 0.5) is 0 Å². The zero-order chi connectivity index (χ0) is 7.98. The maximum Gasteiger partial charge on any atom is 0.0608 e. The molecule has 2 unspecified atom stereocenters. The minimum atomic E-state index is 0.356. The Labute approximate surface area is 63.7 Å². The fourth-order valence-electron chi connectivity index (χ4n) is 1.27. The third kappa shape index (κ3) is 2.67. The van der Waals surface area contributed by atoms with Crippen LogP contribution in [-0.2, 0) is 4.74 Å². The van der Waals surface area contributed by atoms with E-state index in [2.05, 4.69) is 13.8 Å². The normalized spacial score (nSPS) is 16.8. The van der Waals surface area contributed by atoms with Gasteiger partial charge in [-0.05, 0) is 25.3 Å². The van der Waals surface area contributed by atoms with Crippen LogP contribution in [0.1, 0.15) is 26.7 Å². The molecule has 2 heteroatoms. The Bertz CT molecular complexity index is 57.7. The summed E-state index contributed by atoms with van der Waals surface area (Å²) in [5.41, 5.74) is 5.56. The Morgan fingerprint density at radius 2 is 1.90 bits per heavy atom. The van der Waals surface area contributed by atoms with Crippen molar-refractivity contribution in [3.8, 4) is 0 Å². The molecule has 0 aliphatic carbocycles. The first-order valence-corrected chi connectivity index (χ1v) is 4.02. The lowest BCUT2D eigenvalue weighted by Gasteiger charge is -2.21. The summed E-state index contributed by atoms with van der Waals surface area (Å²) in [6.07, 6.45) is 2.53. The van der Waals surface area contributed by atoms with Gasteiger partial charge in [0, 0.05) is 7.11 Å². The van der Waals surface area contributed by atoms with Crippen molar-refractivity contribution >= 4 is 0 Å². The van der Waals surface area contributed by atoms with E-state index in [0.29, 0.717) is 12.0 Å². The average molecular weight is 145 g/mol. The van der Waals surface area contributed by atoms with Crippen LogP contribution in [0.15, 0.2) is 0 Å². The average Bonchev–Trinajstić information content (AvgIpc) is 2.00. The molecule has 0 radical (unpaired) electrons. The monoisotopic (exact) mass is 145 g/mol. The molecule has 0 saturated heterocycles. The van der Waals surface area contributed by atoms with Gasteiger partial charge in [-0.15, -0.1) is 0 Å². The van der Waals surface area contributed by atoms with E-state index in [-0.39, 0.29) is 0 Å². The molecule has 2 atom stereocenters. The minimum Gasteiger partial charge on any atom is -0.381 e. The van der Waals surface area contributed by atoms with E-state index in [1.54, 1.807) is 7.11 Å². The Balaban J connectivity index is 3.70. The highest BCUT2D eigenvalue weighted by molar-refractivity contribution is 4.67. The highest BCUT2D eigenvalue weighted by atomic mass is 16.5. The molecule has 0 bridgehead atoms. The number of nitrogens with two attached hydrogens (primary N) is 1. The first-order chi connectivity index (χ1) is 4.79. The Morgan fingerprint density at radius 1 is 1.30 bits per heavy atom. The van der Waals surface area contributed by atoms with Gasteiger partial charge < -0.3 is 10.5 Å². The fraction of sp³-hybridized carbons (Fsp3) is 1.00. The summed E-state index contributed by atoms with van der Waals surface area (Å²) in [4.78, 5) is 0. The van der Waals surface area contributed by atoms with Crippen molar-refractivity contribution in [2.75, 3.05) is 13.7 Å². The van der Waals surface area contributed by atoms with E-state index < -0.39 is 0 Å². The highest BCUT2D eigenvalue weighted by Gasteiger charge is 2.14. The quantitative estimate of drug-likeness (QED) is 0.634. The summed E-state index contributed by atoms with van der Waals surface area (Å²) in [5.74, 6) is 0.537. The third-order valence-corrected chi connectivity index (χ3v) is 2.06. The van der Waals surface area contributed by atoms with Crippen LogP contribution >= 0.6 is 0 Å². The zero-order valence-corrected chi connectivity index (χ0v) is 7.26. The molecule has 0 rings (SSSR count). The molecule has 0 heterocycles. The van der Waals surface area contributed by atoms with Crippen LogP contribution in [0.3, 0.4) is 0 Å². The summed E-state index contributed by atoms with van der Waals surface area (Å²) in [7, 11) is 1.76. The summed E-state index contributed by atoms with van der Waals surface area (Å²) in [6, 6.07) is 0. The predicted octanol–water partition coefficient (Wildman–Crippen LogP) is 1.40. The SMILES string of the molecule is CCC(CN)C(CC)OC. The molecule has 0 fully saturated rings. The molecule has 10 heavy (non-hydrogen) atoms. The van der Waals surface area contributed by atoms with Gasteiger partial charge in [-0.2, -0.15) is 0 Å². The molecule has 0 aromatic rings. The van der Waals surface area contributed by atoms with Crippen molar-refractivity contribution in [1.29, 1.82) is 0 Å². The standard InChI is InChI=1S/C8H19NO/c1-4-7(6-9)8(5-2)10-3/h7-8H,4-6,9H2,1-3H3. The molecule has 0 amide bonds. The van der Waals surface area contributed by atoms with Crippen molar-refractivity contribution in [2.24, 2.45) is 11.7 Å². The summed E-state index contributed by atoms with van der Waals surface area (Å²) in [5, 5.41) is 0. The summed E-state index contributed by atoms with van der Waals surface area (Å²) in [6.45, 7) is 5.02. The molecular weight excluding hydrogens is 126 g/mol. The predicted molar refractivity (Wildman–Crippen MR) is 43.9 cm³/mol. The minimum absolute atomic E-state index is 0.356. The maximum atomic E-state index is 5.56. The first kappa shape index (κ1) is 9.92. The van der Waals surface area contributed by atoms with Gasteiger partial charge in [0.2, 0.25) is 0 Å². The van der Waals surface area contributed by atoms with Crippen LogP contribution in [0, 0.1) is 5.92 Å². The van der Waals surface area contributed by atoms with Gasteiger partial charge in [0.25, 0.3) is 0 Å². The van der Waals surface area contributed by atoms with Crippen molar-refractivity contribution in [3.63, 3.8) is 0 Å². The Morgan fingerprint density at radius 3 is 2.00 bits per heavy atom. The van der Waals surface area contributed by atoms with E-state index in [9.17, 15) is 0 Å². The summed E-state index contributed by atoms with van der Waals surface area (Å²) >= 11 is 0. The number of rotatable bonds is 5.